The Balaban J connectivity index is 0.000000605. The number of hydrogen-bond acceptors (Lipinski definition) is 3. The first kappa shape index (κ1) is 9.45. The van der Waals surface area contributed by atoms with Gasteiger partial charge < -0.3 is 5.32 Å². The molecule has 0 saturated heterocycles. The van der Waals surface area contributed by atoms with Crippen LogP contribution in [0.1, 0.15) is 10.6 Å². The molecule has 1 N–H and O–H groups in total. The molecule has 2 heterocycles. The van der Waals surface area contributed by atoms with Crippen LogP contribution in [-0.2, 0) is 13.0 Å². The minimum Gasteiger partial charge on any atom is -0.311 e. The van der Waals surface area contributed by atoms with Gasteiger partial charge in [0.25, 0.3) is 0 Å². The average molecular weight is 256 g/mol. The molecule has 0 bridgehead atoms. The number of thiazole rings is 1. The van der Waals surface area contributed by atoms with Crippen LogP contribution in [0.5, 0.6) is 0 Å². The number of halogens is 2. The van der Waals surface area contributed by atoms with Gasteiger partial charge >= 0.3 is 0 Å². The fourth-order valence-electron chi connectivity index (χ4n) is 1.09. The quantitative estimate of drug-likeness (QED) is 0.767. The second kappa shape index (κ2) is 3.85. The standard InChI is InChI=1S/C6H7BrN2S.ClH/c7-6-9-4-1-2-8-3-5(4)10-6;/h8H,1-3H2;1H. The molecule has 0 aromatic carbocycles. The van der Waals surface area contributed by atoms with Gasteiger partial charge in [0.15, 0.2) is 3.92 Å². The maximum atomic E-state index is 4.35. The van der Waals surface area contributed by atoms with Crippen LogP contribution in [0.4, 0.5) is 0 Å². The van der Waals surface area contributed by atoms with Crippen LogP contribution < -0.4 is 5.32 Å². The van der Waals surface area contributed by atoms with Crippen molar-refractivity contribution in [2.75, 3.05) is 6.54 Å². The zero-order chi connectivity index (χ0) is 6.97. The molecule has 0 fully saturated rings. The Bertz CT molecular complexity index is 227. The SMILES string of the molecule is Brc1nc2c(s1)CNCC2.Cl. The molecule has 1 aliphatic heterocycles. The van der Waals surface area contributed by atoms with Crippen LogP contribution >= 0.6 is 39.7 Å². The zero-order valence-corrected chi connectivity index (χ0v) is 8.98. The lowest BCUT2D eigenvalue weighted by atomic mass is 10.2. The Morgan fingerprint density at radius 2 is 2.36 bits per heavy atom. The number of fused-ring (bicyclic) bond motifs is 1. The average Bonchev–Trinajstić information content (AvgIpc) is 2.27. The van der Waals surface area contributed by atoms with Crippen molar-refractivity contribution in [2.24, 2.45) is 0 Å². The Morgan fingerprint density at radius 3 is 3.09 bits per heavy atom. The molecule has 2 rings (SSSR count). The largest absolute Gasteiger partial charge is 0.311 e. The van der Waals surface area contributed by atoms with Crippen molar-refractivity contribution >= 4 is 39.7 Å². The summed E-state index contributed by atoms with van der Waals surface area (Å²) in [5.74, 6) is 0. The van der Waals surface area contributed by atoms with Gasteiger partial charge in [-0.1, -0.05) is 0 Å². The van der Waals surface area contributed by atoms with E-state index in [1.807, 2.05) is 0 Å². The van der Waals surface area contributed by atoms with E-state index >= 15 is 0 Å². The molecule has 62 valence electrons. The minimum absolute atomic E-state index is 0. The van der Waals surface area contributed by atoms with E-state index in [0.29, 0.717) is 0 Å². The monoisotopic (exact) mass is 254 g/mol. The van der Waals surface area contributed by atoms with E-state index in [1.54, 1.807) is 11.3 Å². The van der Waals surface area contributed by atoms with Gasteiger partial charge in [-0.3, -0.25) is 0 Å². The lowest BCUT2D eigenvalue weighted by Crippen LogP contribution is -2.22. The highest BCUT2D eigenvalue weighted by Crippen LogP contribution is 2.24. The van der Waals surface area contributed by atoms with Crippen molar-refractivity contribution in [3.8, 4) is 0 Å². The lowest BCUT2D eigenvalue weighted by molar-refractivity contribution is 0.643. The third-order valence-corrected chi connectivity index (χ3v) is 3.13. The molecule has 0 unspecified atom stereocenters. The first-order valence-electron chi connectivity index (χ1n) is 3.21. The van der Waals surface area contributed by atoms with Crippen LogP contribution in [-0.4, -0.2) is 11.5 Å². The summed E-state index contributed by atoms with van der Waals surface area (Å²) in [6.45, 7) is 2.07. The highest BCUT2D eigenvalue weighted by Gasteiger charge is 2.12. The molecular formula is C6H8BrClN2S. The van der Waals surface area contributed by atoms with E-state index in [4.69, 9.17) is 0 Å². The maximum Gasteiger partial charge on any atom is 0.159 e. The smallest absolute Gasteiger partial charge is 0.159 e. The summed E-state index contributed by atoms with van der Waals surface area (Å²) >= 11 is 5.11. The molecule has 0 saturated carbocycles. The van der Waals surface area contributed by atoms with Crippen LogP contribution in [0.2, 0.25) is 0 Å². The van der Waals surface area contributed by atoms with Crippen molar-refractivity contribution in [1.82, 2.24) is 10.3 Å². The van der Waals surface area contributed by atoms with Gasteiger partial charge in [-0.2, -0.15) is 0 Å². The van der Waals surface area contributed by atoms with Crippen LogP contribution in [0.25, 0.3) is 0 Å². The zero-order valence-electron chi connectivity index (χ0n) is 5.76. The predicted octanol–water partition coefficient (Wildman–Crippen LogP) is 1.97. The van der Waals surface area contributed by atoms with Gasteiger partial charge in [-0.15, -0.1) is 23.7 Å². The summed E-state index contributed by atoms with van der Waals surface area (Å²) in [5, 5.41) is 3.30. The fourth-order valence-corrected chi connectivity index (χ4v) is 2.69. The van der Waals surface area contributed by atoms with Crippen molar-refractivity contribution in [3.05, 3.63) is 14.5 Å². The Kier molecular flexibility index (Phi) is 3.30. The topological polar surface area (TPSA) is 24.9 Å². The van der Waals surface area contributed by atoms with Gasteiger partial charge in [-0.25, -0.2) is 4.98 Å². The summed E-state index contributed by atoms with van der Waals surface area (Å²) in [6.07, 6.45) is 1.08. The van der Waals surface area contributed by atoms with Crippen LogP contribution in [0.15, 0.2) is 3.92 Å². The van der Waals surface area contributed by atoms with E-state index in [9.17, 15) is 0 Å². The summed E-state index contributed by atoms with van der Waals surface area (Å²) in [4.78, 5) is 5.73. The Hall–Kier alpha value is 0.360. The highest BCUT2D eigenvalue weighted by atomic mass is 79.9. The van der Waals surface area contributed by atoms with Gasteiger partial charge in [-0.05, 0) is 15.9 Å². The number of rotatable bonds is 0. The van der Waals surface area contributed by atoms with Crippen molar-refractivity contribution in [1.29, 1.82) is 0 Å². The first-order chi connectivity index (χ1) is 4.86. The summed E-state index contributed by atoms with van der Waals surface area (Å²) in [7, 11) is 0. The second-order valence-corrected chi connectivity index (χ2v) is 4.62. The molecule has 5 heteroatoms. The Morgan fingerprint density at radius 1 is 1.55 bits per heavy atom. The predicted molar refractivity (Wildman–Crippen MR) is 52.5 cm³/mol. The maximum absolute atomic E-state index is 4.35. The number of nitrogens with one attached hydrogen (secondary N) is 1. The third kappa shape index (κ3) is 1.93. The summed E-state index contributed by atoms with van der Waals surface area (Å²) < 4.78 is 1.02. The number of aromatic nitrogens is 1. The molecule has 0 radical (unpaired) electrons. The van der Waals surface area contributed by atoms with Gasteiger partial charge in [0.1, 0.15) is 0 Å². The van der Waals surface area contributed by atoms with Crippen molar-refractivity contribution in [3.63, 3.8) is 0 Å². The molecule has 0 spiro atoms. The molecule has 1 aliphatic rings. The van der Waals surface area contributed by atoms with E-state index in [2.05, 4.69) is 26.2 Å². The first-order valence-corrected chi connectivity index (χ1v) is 4.82. The van der Waals surface area contributed by atoms with Crippen molar-refractivity contribution < 1.29 is 0 Å². The number of nitrogens with zero attached hydrogens (tertiary/aromatic N) is 1. The van der Waals surface area contributed by atoms with E-state index < -0.39 is 0 Å². The highest BCUT2D eigenvalue weighted by molar-refractivity contribution is 9.11. The van der Waals surface area contributed by atoms with Gasteiger partial charge in [0.2, 0.25) is 0 Å². The van der Waals surface area contributed by atoms with E-state index in [1.165, 1.54) is 10.6 Å². The molecule has 1 aromatic rings. The molecule has 1 aromatic heterocycles. The van der Waals surface area contributed by atoms with Gasteiger partial charge in [0, 0.05) is 24.4 Å². The molecule has 0 amide bonds. The van der Waals surface area contributed by atoms with E-state index in [0.717, 1.165) is 23.4 Å². The normalized spacial score (nSPS) is 15.4. The molecule has 2 nitrogen and oxygen atoms in total. The van der Waals surface area contributed by atoms with Gasteiger partial charge in [0.05, 0.1) is 5.69 Å². The molecule has 11 heavy (non-hydrogen) atoms. The second-order valence-electron chi connectivity index (χ2n) is 2.26. The molecule has 0 atom stereocenters. The van der Waals surface area contributed by atoms with Crippen molar-refractivity contribution in [2.45, 2.75) is 13.0 Å². The molecule has 0 aliphatic carbocycles. The third-order valence-electron chi connectivity index (χ3n) is 1.58. The van der Waals surface area contributed by atoms with E-state index in [-0.39, 0.29) is 12.4 Å². The fraction of sp³-hybridized carbons (Fsp3) is 0.500. The summed E-state index contributed by atoms with van der Waals surface area (Å²) in [5.41, 5.74) is 1.27. The van der Waals surface area contributed by atoms with Crippen LogP contribution in [0.3, 0.4) is 0 Å². The molecular weight excluding hydrogens is 248 g/mol. The number of hydrogen-bond donors (Lipinski definition) is 1. The lowest BCUT2D eigenvalue weighted by Gasteiger charge is -2.09. The summed E-state index contributed by atoms with van der Waals surface area (Å²) in [6, 6.07) is 0. The Labute approximate surface area is 84.0 Å². The van der Waals surface area contributed by atoms with Crippen LogP contribution in [0, 0.1) is 0 Å². The minimum atomic E-state index is 0.